The maximum atomic E-state index is 14.6. The van der Waals surface area contributed by atoms with Crippen molar-refractivity contribution in [3.8, 4) is 22.9 Å². The lowest BCUT2D eigenvalue weighted by molar-refractivity contribution is -0.141. The van der Waals surface area contributed by atoms with Gasteiger partial charge in [-0.05, 0) is 56.4 Å². The van der Waals surface area contributed by atoms with Crippen molar-refractivity contribution in [2.45, 2.75) is 97.5 Å². The van der Waals surface area contributed by atoms with Gasteiger partial charge < -0.3 is 45.5 Å². The Morgan fingerprint density at radius 1 is 0.954 bits per heavy atom. The number of halogens is 4. The first kappa shape index (κ1) is 49.8. The highest BCUT2D eigenvalue weighted by Gasteiger charge is 2.45. The van der Waals surface area contributed by atoms with Crippen LogP contribution in [0.15, 0.2) is 41.8 Å². The number of carboxylic acid groups (broad SMARTS) is 1. The summed E-state index contributed by atoms with van der Waals surface area (Å²) in [4.78, 5) is 76.7. The molecule has 0 spiro atoms. The number of thiazole rings is 1. The number of fused-ring (bicyclic) bond motifs is 1. The first-order valence-electron chi connectivity index (χ1n) is 20.9. The molecule has 0 unspecified atom stereocenters. The number of methoxy groups -OCH3 is 1. The van der Waals surface area contributed by atoms with Crippen LogP contribution >= 0.6 is 11.3 Å². The highest BCUT2D eigenvalue weighted by Crippen LogP contribution is 2.36. The minimum Gasteiger partial charge on any atom is -0.497 e. The zero-order valence-electron chi connectivity index (χ0n) is 36.9. The summed E-state index contributed by atoms with van der Waals surface area (Å²) in [5, 5.41) is 22.6. The molecule has 0 saturated carbocycles. The number of aromatic nitrogens is 2. The number of carbonyl (C=O) groups is 5. The predicted molar refractivity (Wildman–Crippen MR) is 233 cm³/mol. The molecule has 4 amide bonds. The van der Waals surface area contributed by atoms with Gasteiger partial charge in [-0.3, -0.25) is 14.4 Å². The quantitative estimate of drug-likeness (QED) is 0.0609. The van der Waals surface area contributed by atoms with E-state index in [0.717, 1.165) is 4.90 Å². The van der Waals surface area contributed by atoms with Crippen LogP contribution in [0.5, 0.6) is 11.5 Å². The number of hydrogen-bond acceptors (Lipinski definition) is 12. The summed E-state index contributed by atoms with van der Waals surface area (Å²) in [5.74, 6) is -6.46. The van der Waals surface area contributed by atoms with Crippen LogP contribution in [-0.4, -0.2) is 113 Å². The monoisotopic (exact) mass is 931 g/mol. The van der Waals surface area contributed by atoms with Crippen molar-refractivity contribution >= 4 is 57.2 Å². The Morgan fingerprint density at radius 3 is 2.28 bits per heavy atom. The van der Waals surface area contributed by atoms with Gasteiger partial charge in [0.1, 0.15) is 53.1 Å². The Morgan fingerprint density at radius 2 is 1.66 bits per heavy atom. The average molecular weight is 932 g/mol. The maximum Gasteiger partial charge on any atom is 0.407 e. The highest BCUT2D eigenvalue weighted by molar-refractivity contribution is 7.14. The molecule has 5 N–H and O–H groups in total. The molecule has 4 aromatic rings. The third-order valence-corrected chi connectivity index (χ3v) is 10.9. The lowest BCUT2D eigenvalue weighted by Gasteiger charge is -2.31. The summed E-state index contributed by atoms with van der Waals surface area (Å²) < 4.78 is 74.4. The summed E-state index contributed by atoms with van der Waals surface area (Å²) in [7, 11) is 1.51. The molecule has 16 nitrogen and oxygen atoms in total. The van der Waals surface area contributed by atoms with E-state index in [2.05, 4.69) is 26.3 Å². The van der Waals surface area contributed by atoms with Crippen molar-refractivity contribution in [2.75, 3.05) is 32.1 Å². The number of likely N-dealkylation sites (tertiary alicyclic amines) is 1. The summed E-state index contributed by atoms with van der Waals surface area (Å²) in [6.45, 7) is 10.3. The van der Waals surface area contributed by atoms with Crippen LogP contribution < -0.4 is 30.7 Å². The van der Waals surface area contributed by atoms with Crippen molar-refractivity contribution in [1.82, 2.24) is 30.8 Å². The van der Waals surface area contributed by atoms with Gasteiger partial charge in [-0.2, -0.15) is 0 Å². The highest BCUT2D eigenvalue weighted by atomic mass is 32.1. The fourth-order valence-electron chi connectivity index (χ4n) is 6.97. The van der Waals surface area contributed by atoms with Gasteiger partial charge in [0.15, 0.2) is 5.13 Å². The Kier molecular flexibility index (Phi) is 16.9. The Labute approximate surface area is 376 Å². The molecule has 1 aliphatic rings. The number of alkyl halides is 2. The number of anilines is 1. The number of amides is 4. The Bertz CT molecular complexity index is 2340. The van der Waals surface area contributed by atoms with Gasteiger partial charge in [0.05, 0.1) is 37.0 Å². The summed E-state index contributed by atoms with van der Waals surface area (Å²) >= 11 is 1.38. The minimum atomic E-state index is -3.10. The standard InChI is InChI=1S/C44H53F4N7O9S/c1-21(2)19-63-44(61)54-38(22(3)4)41(58)55-18-26(64-36-16-32(34-20-65-43(53-34)50-23(5)6)51-31-14-25(62-7)8-9-28(31)36)15-35(55)40(57)52-33(17-37(47)48)39(56)49-11-10-27-29(45)12-24(42(59)60)13-30(27)46/h8-9,12-14,16,20-23,26,33,35,37-38H,10-11,15,17-19H2,1-7H3,(H,49,56)(H,50,53)(H,52,57)(H,54,61)(H,59,60)/t26-,33+,35+,38+/m1/s1. The summed E-state index contributed by atoms with van der Waals surface area (Å²) in [5.41, 5.74) is 0.283. The van der Waals surface area contributed by atoms with Crippen molar-refractivity contribution in [3.63, 3.8) is 0 Å². The van der Waals surface area contributed by atoms with Crippen LogP contribution in [0.1, 0.15) is 70.3 Å². The fraction of sp³-hybridized carbons (Fsp3) is 0.477. The van der Waals surface area contributed by atoms with Crippen LogP contribution in [-0.2, 0) is 25.5 Å². The van der Waals surface area contributed by atoms with Gasteiger partial charge in [-0.25, -0.2) is 37.1 Å². The number of carboxylic acids is 1. The molecule has 0 radical (unpaired) electrons. The zero-order chi connectivity index (χ0) is 47.7. The third kappa shape index (κ3) is 13.2. The third-order valence-electron chi connectivity index (χ3n) is 10.2. The normalized spacial score (nSPS) is 15.9. The van der Waals surface area contributed by atoms with E-state index < -0.39 is 109 Å². The number of benzene rings is 2. The number of ether oxygens (including phenoxy) is 3. The van der Waals surface area contributed by atoms with E-state index in [1.165, 1.54) is 18.4 Å². The van der Waals surface area contributed by atoms with Gasteiger partial charge in [0, 0.05) is 53.9 Å². The molecular weight excluding hydrogens is 879 g/mol. The molecule has 0 aliphatic carbocycles. The lowest BCUT2D eigenvalue weighted by atomic mass is 10.0. The van der Waals surface area contributed by atoms with Crippen molar-refractivity contribution in [3.05, 3.63) is 64.5 Å². The van der Waals surface area contributed by atoms with Crippen LogP contribution in [0.4, 0.5) is 27.5 Å². The van der Waals surface area contributed by atoms with E-state index in [1.54, 1.807) is 38.1 Å². The van der Waals surface area contributed by atoms with E-state index in [-0.39, 0.29) is 31.5 Å². The maximum absolute atomic E-state index is 14.6. The first-order chi connectivity index (χ1) is 30.7. The summed E-state index contributed by atoms with van der Waals surface area (Å²) in [6.07, 6.45) is -6.72. The van der Waals surface area contributed by atoms with E-state index in [9.17, 15) is 41.5 Å². The number of nitrogens with one attached hydrogen (secondary N) is 4. The zero-order valence-corrected chi connectivity index (χ0v) is 37.7. The fourth-order valence-corrected chi connectivity index (χ4v) is 7.82. The smallest absolute Gasteiger partial charge is 0.407 e. The molecule has 5 rings (SSSR count). The van der Waals surface area contributed by atoms with E-state index in [1.807, 2.05) is 33.1 Å². The van der Waals surface area contributed by atoms with Crippen molar-refractivity contribution in [1.29, 1.82) is 0 Å². The van der Waals surface area contributed by atoms with Crippen LogP contribution in [0, 0.1) is 23.5 Å². The van der Waals surface area contributed by atoms with Crippen LogP contribution in [0.25, 0.3) is 22.3 Å². The van der Waals surface area contributed by atoms with Gasteiger partial charge in [0.25, 0.3) is 0 Å². The molecule has 1 aliphatic heterocycles. The molecule has 3 heterocycles. The summed E-state index contributed by atoms with van der Waals surface area (Å²) in [6, 6.07) is 3.65. The molecule has 65 heavy (non-hydrogen) atoms. The van der Waals surface area contributed by atoms with E-state index in [4.69, 9.17) is 24.3 Å². The number of carbonyl (C=O) groups excluding carboxylic acids is 4. The molecule has 1 fully saturated rings. The van der Waals surface area contributed by atoms with Gasteiger partial charge >= 0.3 is 12.1 Å². The molecule has 2 aromatic carbocycles. The molecule has 1 saturated heterocycles. The number of aromatic carboxylic acids is 1. The second kappa shape index (κ2) is 22.1. The Balaban J connectivity index is 1.44. The second-order valence-electron chi connectivity index (χ2n) is 16.5. The molecule has 21 heteroatoms. The van der Waals surface area contributed by atoms with Crippen LogP contribution in [0.3, 0.4) is 0 Å². The van der Waals surface area contributed by atoms with Crippen LogP contribution in [0.2, 0.25) is 0 Å². The SMILES string of the molecule is COc1ccc2c(O[C@@H]3C[C@@H](C(=O)N[C@@H](CC(F)F)C(=O)NCCc4c(F)cc(C(=O)O)cc4F)N(C(=O)[C@@H](NC(=O)OCC(C)C)C(C)C)C3)cc(-c3csc(NC(C)C)n3)nc2c1. The van der Waals surface area contributed by atoms with Gasteiger partial charge in [-0.1, -0.05) is 27.7 Å². The second-order valence-corrected chi connectivity index (χ2v) is 17.4. The lowest BCUT2D eigenvalue weighted by Crippen LogP contribution is -2.57. The first-order valence-corrected chi connectivity index (χ1v) is 21.8. The van der Waals surface area contributed by atoms with Crippen molar-refractivity contribution < 1.29 is 60.9 Å². The number of nitrogens with zero attached hydrogens (tertiary/aromatic N) is 3. The minimum absolute atomic E-state index is 0.00950. The molecule has 352 valence electrons. The Hall–Kier alpha value is -6.25. The largest absolute Gasteiger partial charge is 0.497 e. The molecule has 4 atom stereocenters. The molecule has 2 aromatic heterocycles. The van der Waals surface area contributed by atoms with E-state index in [0.29, 0.717) is 51.1 Å². The number of alkyl carbamates (subject to hydrolysis) is 1. The number of hydrogen-bond donors (Lipinski definition) is 5. The number of pyridine rings is 1. The number of rotatable bonds is 20. The molecular formula is C44H53F4N7O9S. The van der Waals surface area contributed by atoms with E-state index >= 15 is 0 Å². The average Bonchev–Trinajstić information content (AvgIpc) is 3.89. The van der Waals surface area contributed by atoms with Gasteiger partial charge in [0.2, 0.25) is 24.1 Å². The topological polar surface area (TPSA) is 210 Å². The predicted octanol–water partition coefficient (Wildman–Crippen LogP) is 6.42. The molecule has 0 bridgehead atoms. The van der Waals surface area contributed by atoms with Gasteiger partial charge in [-0.15, -0.1) is 11.3 Å². The van der Waals surface area contributed by atoms with Crippen molar-refractivity contribution in [2.24, 2.45) is 11.8 Å².